The highest BCUT2D eigenvalue weighted by Crippen LogP contribution is 2.23. The minimum atomic E-state index is -0.195. The lowest BCUT2D eigenvalue weighted by Gasteiger charge is -2.10. The molecule has 2 aromatic rings. The van der Waals surface area contributed by atoms with Gasteiger partial charge in [-0.15, -0.1) is 0 Å². The lowest BCUT2D eigenvalue weighted by molar-refractivity contribution is 0.0994. The van der Waals surface area contributed by atoms with Gasteiger partial charge in [-0.05, 0) is 50.5 Å². The molecule has 2 rings (SSSR count). The van der Waals surface area contributed by atoms with Crippen LogP contribution in [-0.2, 0) is 0 Å². The number of thioether (sulfide) groups is 1. The van der Waals surface area contributed by atoms with Crippen LogP contribution in [0.25, 0.3) is 0 Å². The molecule has 20 heavy (non-hydrogen) atoms. The fourth-order valence-corrected chi connectivity index (χ4v) is 2.57. The van der Waals surface area contributed by atoms with Crippen molar-refractivity contribution in [3.63, 3.8) is 0 Å². The molecule has 1 unspecified atom stereocenters. The van der Waals surface area contributed by atoms with Crippen molar-refractivity contribution in [1.82, 2.24) is 9.97 Å². The second kappa shape index (κ2) is 6.18. The van der Waals surface area contributed by atoms with Gasteiger partial charge < -0.3 is 0 Å². The molecule has 0 saturated heterocycles. The molecule has 0 saturated carbocycles. The summed E-state index contributed by atoms with van der Waals surface area (Å²) in [7, 11) is 0. The van der Waals surface area contributed by atoms with Crippen LogP contribution in [0, 0.1) is 20.8 Å². The largest absolute Gasteiger partial charge is 0.293 e. The normalized spacial score (nSPS) is 12.2. The summed E-state index contributed by atoms with van der Waals surface area (Å²) in [5, 5.41) is 0.445. The van der Waals surface area contributed by atoms with E-state index < -0.39 is 0 Å². The van der Waals surface area contributed by atoms with Crippen molar-refractivity contribution in [2.45, 2.75) is 38.1 Å². The van der Waals surface area contributed by atoms with Crippen molar-refractivity contribution in [2.75, 3.05) is 0 Å². The Labute approximate surface area is 123 Å². The highest BCUT2D eigenvalue weighted by Gasteiger charge is 2.18. The van der Waals surface area contributed by atoms with Gasteiger partial charge in [0.2, 0.25) is 0 Å². The number of aryl methyl sites for hydroxylation is 3. The van der Waals surface area contributed by atoms with Gasteiger partial charge in [-0.2, -0.15) is 0 Å². The molecule has 1 aromatic carbocycles. The maximum absolute atomic E-state index is 12.4. The van der Waals surface area contributed by atoms with E-state index in [0.717, 1.165) is 16.7 Å². The van der Waals surface area contributed by atoms with Gasteiger partial charge in [-0.25, -0.2) is 9.97 Å². The summed E-state index contributed by atoms with van der Waals surface area (Å²) >= 11 is 1.39. The van der Waals surface area contributed by atoms with Crippen LogP contribution in [0.1, 0.15) is 34.0 Å². The Morgan fingerprint density at radius 1 is 1.10 bits per heavy atom. The molecule has 0 bridgehead atoms. The summed E-state index contributed by atoms with van der Waals surface area (Å²) < 4.78 is 0. The Morgan fingerprint density at radius 2 is 1.75 bits per heavy atom. The van der Waals surface area contributed by atoms with Gasteiger partial charge in [0, 0.05) is 18.0 Å². The smallest absolute Gasteiger partial charge is 0.188 e. The third-order valence-electron chi connectivity index (χ3n) is 3.20. The van der Waals surface area contributed by atoms with E-state index in [1.165, 1.54) is 17.3 Å². The number of hydrogen-bond donors (Lipinski definition) is 0. The van der Waals surface area contributed by atoms with Crippen LogP contribution in [0.4, 0.5) is 0 Å². The van der Waals surface area contributed by atoms with Crippen LogP contribution in [0.3, 0.4) is 0 Å². The van der Waals surface area contributed by atoms with Crippen LogP contribution >= 0.6 is 11.8 Å². The van der Waals surface area contributed by atoms with Gasteiger partial charge in [0.15, 0.2) is 10.9 Å². The SMILES string of the molecule is Cc1cnc(SC(C)C(=O)c2ccc(C)c(C)c2)nc1. The zero-order valence-electron chi connectivity index (χ0n) is 12.2. The first-order valence-electron chi connectivity index (χ1n) is 6.54. The number of rotatable bonds is 4. The quantitative estimate of drug-likeness (QED) is 0.487. The van der Waals surface area contributed by atoms with E-state index >= 15 is 0 Å². The van der Waals surface area contributed by atoms with Crippen molar-refractivity contribution in [1.29, 1.82) is 0 Å². The molecule has 0 amide bonds. The van der Waals surface area contributed by atoms with E-state index in [2.05, 4.69) is 9.97 Å². The van der Waals surface area contributed by atoms with Crippen LogP contribution in [-0.4, -0.2) is 21.0 Å². The maximum Gasteiger partial charge on any atom is 0.188 e. The predicted octanol–water partition coefficient (Wildman–Crippen LogP) is 3.77. The highest BCUT2D eigenvalue weighted by atomic mass is 32.2. The van der Waals surface area contributed by atoms with E-state index in [1.54, 1.807) is 12.4 Å². The molecule has 0 aliphatic rings. The number of nitrogens with zero attached hydrogens (tertiary/aromatic N) is 2. The van der Waals surface area contributed by atoms with Crippen LogP contribution < -0.4 is 0 Å². The first kappa shape index (κ1) is 14.7. The molecule has 1 aromatic heterocycles. The summed E-state index contributed by atoms with van der Waals surface area (Å²) in [5.74, 6) is 0.113. The van der Waals surface area contributed by atoms with Crippen molar-refractivity contribution < 1.29 is 4.79 Å². The first-order chi connectivity index (χ1) is 9.47. The van der Waals surface area contributed by atoms with Gasteiger partial charge in [0.1, 0.15) is 0 Å². The monoisotopic (exact) mass is 286 g/mol. The topological polar surface area (TPSA) is 42.9 Å². The van der Waals surface area contributed by atoms with Crippen molar-refractivity contribution >= 4 is 17.5 Å². The lowest BCUT2D eigenvalue weighted by atomic mass is 10.0. The second-order valence-corrected chi connectivity index (χ2v) is 6.27. The maximum atomic E-state index is 12.4. The van der Waals surface area contributed by atoms with Gasteiger partial charge >= 0.3 is 0 Å². The molecule has 0 N–H and O–H groups in total. The Balaban J connectivity index is 2.11. The van der Waals surface area contributed by atoms with Crippen molar-refractivity contribution in [2.24, 2.45) is 0 Å². The number of carbonyl (C=O) groups is 1. The predicted molar refractivity (Wildman–Crippen MR) is 82.3 cm³/mol. The number of ketones is 1. The second-order valence-electron chi connectivity index (χ2n) is 4.97. The van der Waals surface area contributed by atoms with Crippen LogP contribution in [0.5, 0.6) is 0 Å². The molecule has 4 heteroatoms. The van der Waals surface area contributed by atoms with E-state index in [9.17, 15) is 4.79 Å². The van der Waals surface area contributed by atoms with Gasteiger partial charge in [-0.3, -0.25) is 4.79 Å². The van der Waals surface area contributed by atoms with Gasteiger partial charge in [-0.1, -0.05) is 23.9 Å². The Bertz CT molecular complexity index is 623. The molecular weight excluding hydrogens is 268 g/mol. The summed E-state index contributed by atoms with van der Waals surface area (Å²) in [5.41, 5.74) is 4.10. The number of aromatic nitrogens is 2. The zero-order valence-corrected chi connectivity index (χ0v) is 13.0. The molecule has 0 fully saturated rings. The van der Waals surface area contributed by atoms with E-state index in [1.807, 2.05) is 45.9 Å². The molecule has 0 spiro atoms. The Kier molecular flexibility index (Phi) is 4.55. The highest BCUT2D eigenvalue weighted by molar-refractivity contribution is 8.00. The summed E-state index contributed by atoms with van der Waals surface area (Å²) in [6.45, 7) is 7.90. The molecular formula is C16H18N2OS. The number of benzene rings is 1. The van der Waals surface area contributed by atoms with Crippen molar-refractivity contribution in [3.05, 3.63) is 52.8 Å². The summed E-state index contributed by atoms with van der Waals surface area (Å²) in [4.78, 5) is 20.9. The number of hydrogen-bond acceptors (Lipinski definition) is 4. The molecule has 104 valence electrons. The lowest BCUT2D eigenvalue weighted by Crippen LogP contribution is -2.14. The molecule has 3 nitrogen and oxygen atoms in total. The number of carbonyl (C=O) groups excluding carboxylic acids is 1. The zero-order chi connectivity index (χ0) is 14.7. The van der Waals surface area contributed by atoms with Crippen LogP contribution in [0.2, 0.25) is 0 Å². The minimum absolute atomic E-state index is 0.113. The molecule has 1 atom stereocenters. The van der Waals surface area contributed by atoms with E-state index in [-0.39, 0.29) is 11.0 Å². The summed E-state index contributed by atoms with van der Waals surface area (Å²) in [6, 6.07) is 5.82. The fourth-order valence-electron chi connectivity index (χ4n) is 1.78. The van der Waals surface area contributed by atoms with Gasteiger partial charge in [0.25, 0.3) is 0 Å². The first-order valence-corrected chi connectivity index (χ1v) is 7.42. The molecule has 0 radical (unpaired) electrons. The molecule has 0 aliphatic carbocycles. The van der Waals surface area contributed by atoms with Gasteiger partial charge in [0.05, 0.1) is 5.25 Å². The van der Waals surface area contributed by atoms with E-state index in [0.29, 0.717) is 5.16 Å². The number of Topliss-reactive ketones (excluding diaryl/α,β-unsaturated/α-hetero) is 1. The minimum Gasteiger partial charge on any atom is -0.293 e. The third-order valence-corrected chi connectivity index (χ3v) is 4.19. The standard InChI is InChI=1S/C16H18N2OS/c1-10-8-17-16(18-9-10)20-13(4)15(19)14-6-5-11(2)12(3)7-14/h5-9,13H,1-4H3. The van der Waals surface area contributed by atoms with Crippen molar-refractivity contribution in [3.8, 4) is 0 Å². The molecule has 0 aliphatic heterocycles. The molecule has 1 heterocycles. The average Bonchev–Trinajstić information content (AvgIpc) is 2.43. The fraction of sp³-hybridized carbons (Fsp3) is 0.312. The Morgan fingerprint density at radius 3 is 2.35 bits per heavy atom. The third kappa shape index (κ3) is 3.45. The average molecular weight is 286 g/mol. The van der Waals surface area contributed by atoms with E-state index in [4.69, 9.17) is 0 Å². The summed E-state index contributed by atoms with van der Waals surface area (Å²) in [6.07, 6.45) is 3.53. The van der Waals surface area contributed by atoms with Crippen LogP contribution in [0.15, 0.2) is 35.7 Å². The Hall–Kier alpha value is -1.68.